The Bertz CT molecular complexity index is 504. The Morgan fingerprint density at radius 3 is 2.76 bits per heavy atom. The van der Waals surface area contributed by atoms with Gasteiger partial charge in [0.1, 0.15) is 5.75 Å². The molecule has 1 aromatic rings. The van der Waals surface area contributed by atoms with Gasteiger partial charge >= 0.3 is 6.03 Å². The summed E-state index contributed by atoms with van der Waals surface area (Å²) in [4.78, 5) is 11.9. The largest absolute Gasteiger partial charge is 0.495 e. The van der Waals surface area contributed by atoms with Crippen LogP contribution in [-0.2, 0) is 6.54 Å². The molecule has 1 saturated carbocycles. The molecule has 0 saturated heterocycles. The van der Waals surface area contributed by atoms with Gasteiger partial charge in [-0.05, 0) is 43.4 Å². The number of urea groups is 1. The first-order valence-corrected chi connectivity index (χ1v) is 7.46. The van der Waals surface area contributed by atoms with E-state index in [0.29, 0.717) is 23.7 Å². The van der Waals surface area contributed by atoms with Gasteiger partial charge in [-0.2, -0.15) is 0 Å². The smallest absolute Gasteiger partial charge is 0.315 e. The number of halogens is 1. The summed E-state index contributed by atoms with van der Waals surface area (Å²) in [6, 6.07) is 5.19. The van der Waals surface area contributed by atoms with Crippen LogP contribution in [0.2, 0.25) is 5.02 Å². The maximum Gasteiger partial charge on any atom is 0.315 e. The van der Waals surface area contributed by atoms with Crippen LogP contribution >= 0.6 is 11.6 Å². The molecule has 0 atom stereocenters. The maximum absolute atomic E-state index is 11.9. The SMILES string of the molecule is COc1ccc(CNC(=O)NC2(CCO)CCC2)cc1Cl. The number of hydrogen-bond donors (Lipinski definition) is 3. The van der Waals surface area contributed by atoms with E-state index in [0.717, 1.165) is 24.8 Å². The summed E-state index contributed by atoms with van der Waals surface area (Å²) in [5, 5.41) is 15.4. The Morgan fingerprint density at radius 2 is 2.24 bits per heavy atom. The lowest BCUT2D eigenvalue weighted by atomic mass is 9.74. The second kappa shape index (κ2) is 7.00. The Labute approximate surface area is 129 Å². The molecule has 0 unspecified atom stereocenters. The predicted molar refractivity (Wildman–Crippen MR) is 81.7 cm³/mol. The van der Waals surface area contributed by atoms with E-state index in [4.69, 9.17) is 21.4 Å². The van der Waals surface area contributed by atoms with Gasteiger partial charge in [-0.1, -0.05) is 17.7 Å². The zero-order chi connectivity index (χ0) is 15.3. The number of ether oxygens (including phenoxy) is 1. The van der Waals surface area contributed by atoms with Crippen LogP contribution in [0.5, 0.6) is 5.75 Å². The molecule has 0 spiro atoms. The van der Waals surface area contributed by atoms with Gasteiger partial charge in [-0.25, -0.2) is 4.79 Å². The fraction of sp³-hybridized carbons (Fsp3) is 0.533. The number of aliphatic hydroxyl groups excluding tert-OH is 1. The lowest BCUT2D eigenvalue weighted by Crippen LogP contribution is -2.56. The molecular weight excluding hydrogens is 292 g/mol. The minimum absolute atomic E-state index is 0.0916. The molecule has 0 aromatic heterocycles. The van der Waals surface area contributed by atoms with Crippen LogP contribution in [0, 0.1) is 0 Å². The lowest BCUT2D eigenvalue weighted by molar-refractivity contribution is 0.135. The first-order chi connectivity index (χ1) is 10.1. The summed E-state index contributed by atoms with van der Waals surface area (Å²) in [6.45, 7) is 0.485. The zero-order valence-electron chi connectivity index (χ0n) is 12.1. The van der Waals surface area contributed by atoms with E-state index in [1.165, 1.54) is 0 Å². The highest BCUT2D eigenvalue weighted by Gasteiger charge is 2.37. The van der Waals surface area contributed by atoms with E-state index in [9.17, 15) is 4.79 Å². The van der Waals surface area contributed by atoms with Gasteiger partial charge in [-0.15, -0.1) is 0 Å². The van der Waals surface area contributed by atoms with E-state index in [-0.39, 0.29) is 18.2 Å². The van der Waals surface area contributed by atoms with Crippen LogP contribution in [0.25, 0.3) is 0 Å². The second-order valence-corrected chi connectivity index (χ2v) is 5.79. The third kappa shape index (κ3) is 4.02. The average molecular weight is 313 g/mol. The Hall–Kier alpha value is -1.46. The van der Waals surface area contributed by atoms with E-state index in [2.05, 4.69) is 10.6 Å². The highest BCUT2D eigenvalue weighted by Crippen LogP contribution is 2.34. The first kappa shape index (κ1) is 15.9. The third-order valence-electron chi connectivity index (χ3n) is 3.95. The Kier molecular flexibility index (Phi) is 5.31. The molecule has 2 rings (SSSR count). The van der Waals surface area contributed by atoms with Gasteiger partial charge in [0.2, 0.25) is 0 Å². The number of rotatable bonds is 6. The van der Waals surface area contributed by atoms with Crippen LogP contribution in [0.1, 0.15) is 31.2 Å². The van der Waals surface area contributed by atoms with E-state index < -0.39 is 0 Å². The standard InChI is InChI=1S/C15H21ClN2O3/c1-21-13-4-3-11(9-12(13)16)10-17-14(20)18-15(7-8-19)5-2-6-15/h3-4,9,19H,2,5-8,10H2,1H3,(H2,17,18,20). The fourth-order valence-corrected chi connectivity index (χ4v) is 2.82. The van der Waals surface area contributed by atoms with Crippen LogP contribution < -0.4 is 15.4 Å². The summed E-state index contributed by atoms with van der Waals surface area (Å²) in [5.74, 6) is 0.612. The summed E-state index contributed by atoms with van der Waals surface area (Å²) in [5.41, 5.74) is 0.678. The number of nitrogens with one attached hydrogen (secondary N) is 2. The molecule has 1 aliphatic carbocycles. The molecule has 0 bridgehead atoms. The molecule has 116 valence electrons. The number of carbonyl (C=O) groups excluding carboxylic acids is 1. The average Bonchev–Trinajstić information content (AvgIpc) is 2.43. The molecule has 0 heterocycles. The highest BCUT2D eigenvalue weighted by molar-refractivity contribution is 6.32. The van der Waals surface area contributed by atoms with Crippen molar-refractivity contribution in [1.29, 1.82) is 0 Å². The topological polar surface area (TPSA) is 70.6 Å². The molecule has 1 aliphatic rings. The van der Waals surface area contributed by atoms with Crippen LogP contribution in [0.4, 0.5) is 4.79 Å². The number of methoxy groups -OCH3 is 1. The van der Waals surface area contributed by atoms with Gasteiger partial charge in [0.15, 0.2) is 0 Å². The zero-order valence-corrected chi connectivity index (χ0v) is 12.9. The van der Waals surface area contributed by atoms with Crippen LogP contribution in [0.15, 0.2) is 18.2 Å². The van der Waals surface area contributed by atoms with Gasteiger partial charge in [0, 0.05) is 18.7 Å². The van der Waals surface area contributed by atoms with Crippen LogP contribution in [0.3, 0.4) is 0 Å². The Morgan fingerprint density at radius 1 is 1.48 bits per heavy atom. The van der Waals surface area contributed by atoms with Gasteiger partial charge in [-0.3, -0.25) is 0 Å². The van der Waals surface area contributed by atoms with Crippen molar-refractivity contribution in [3.63, 3.8) is 0 Å². The quantitative estimate of drug-likeness (QED) is 0.755. The number of carbonyl (C=O) groups is 1. The summed E-state index contributed by atoms with van der Waals surface area (Å²) in [6.07, 6.45) is 3.55. The van der Waals surface area contributed by atoms with Crippen LogP contribution in [-0.4, -0.2) is 30.4 Å². The van der Waals surface area contributed by atoms with Crippen molar-refractivity contribution in [1.82, 2.24) is 10.6 Å². The number of hydrogen-bond acceptors (Lipinski definition) is 3. The lowest BCUT2D eigenvalue weighted by Gasteiger charge is -2.42. The minimum atomic E-state index is -0.226. The molecule has 0 radical (unpaired) electrons. The molecule has 1 aromatic carbocycles. The molecular formula is C15H21ClN2O3. The Balaban J connectivity index is 1.85. The second-order valence-electron chi connectivity index (χ2n) is 5.38. The molecule has 1 fully saturated rings. The molecule has 3 N–H and O–H groups in total. The first-order valence-electron chi connectivity index (χ1n) is 7.08. The van der Waals surface area contributed by atoms with Crippen molar-refractivity contribution in [2.75, 3.05) is 13.7 Å². The summed E-state index contributed by atoms with van der Waals surface area (Å²) < 4.78 is 5.09. The maximum atomic E-state index is 11.9. The number of aliphatic hydroxyl groups is 1. The highest BCUT2D eigenvalue weighted by atomic mass is 35.5. The molecule has 21 heavy (non-hydrogen) atoms. The molecule has 6 heteroatoms. The summed E-state index contributed by atoms with van der Waals surface area (Å²) >= 11 is 6.04. The van der Waals surface area contributed by atoms with Crippen molar-refractivity contribution in [2.45, 2.75) is 37.8 Å². The van der Waals surface area contributed by atoms with Crippen molar-refractivity contribution >= 4 is 17.6 Å². The van der Waals surface area contributed by atoms with E-state index in [1.54, 1.807) is 19.2 Å². The van der Waals surface area contributed by atoms with Gasteiger partial charge in [0.05, 0.1) is 12.1 Å². The number of amides is 2. The number of benzene rings is 1. The molecule has 0 aliphatic heterocycles. The summed E-state index contributed by atoms with van der Waals surface area (Å²) in [7, 11) is 1.56. The normalized spacial score (nSPS) is 16.0. The minimum Gasteiger partial charge on any atom is -0.495 e. The third-order valence-corrected chi connectivity index (χ3v) is 4.24. The van der Waals surface area contributed by atoms with Crippen molar-refractivity contribution < 1.29 is 14.6 Å². The fourth-order valence-electron chi connectivity index (χ4n) is 2.54. The van der Waals surface area contributed by atoms with E-state index in [1.807, 2.05) is 6.07 Å². The van der Waals surface area contributed by atoms with Gasteiger partial charge in [0.25, 0.3) is 0 Å². The van der Waals surface area contributed by atoms with Crippen molar-refractivity contribution in [3.05, 3.63) is 28.8 Å². The molecule has 5 nitrogen and oxygen atoms in total. The monoisotopic (exact) mass is 312 g/mol. The van der Waals surface area contributed by atoms with Crippen molar-refractivity contribution in [2.24, 2.45) is 0 Å². The van der Waals surface area contributed by atoms with Gasteiger partial charge < -0.3 is 20.5 Å². The molecule has 2 amide bonds. The van der Waals surface area contributed by atoms with E-state index >= 15 is 0 Å². The predicted octanol–water partition coefficient (Wildman–Crippen LogP) is 2.45. The van der Waals surface area contributed by atoms with Crippen molar-refractivity contribution in [3.8, 4) is 5.75 Å².